The largest absolute Gasteiger partial charge is 0.205 e. The highest BCUT2D eigenvalue weighted by atomic mass is 79.9. The van der Waals surface area contributed by atoms with Gasteiger partial charge in [0, 0.05) is 0 Å². The van der Waals surface area contributed by atoms with Crippen LogP contribution in [0.4, 0.5) is 4.39 Å². The average molecular weight is 364 g/mol. The van der Waals surface area contributed by atoms with E-state index in [-0.39, 0.29) is 9.85 Å². The SMILES string of the molecule is Cc1ccc2ccccc2c1C(Br)c1ccc(F)c(Cl)c1. The molecule has 0 aliphatic rings. The van der Waals surface area contributed by atoms with Gasteiger partial charge < -0.3 is 0 Å². The molecule has 1 unspecified atom stereocenters. The Balaban J connectivity index is 2.19. The van der Waals surface area contributed by atoms with Gasteiger partial charge in [0.15, 0.2) is 0 Å². The molecule has 3 rings (SSSR count). The molecule has 0 aliphatic heterocycles. The van der Waals surface area contributed by atoms with Gasteiger partial charge in [-0.15, -0.1) is 0 Å². The van der Waals surface area contributed by atoms with Crippen molar-refractivity contribution in [2.24, 2.45) is 0 Å². The summed E-state index contributed by atoms with van der Waals surface area (Å²) >= 11 is 9.65. The number of alkyl halides is 1. The lowest BCUT2D eigenvalue weighted by molar-refractivity contribution is 0.627. The summed E-state index contributed by atoms with van der Waals surface area (Å²) in [6.07, 6.45) is 0. The molecule has 0 saturated carbocycles. The van der Waals surface area contributed by atoms with E-state index in [4.69, 9.17) is 11.6 Å². The maximum Gasteiger partial charge on any atom is 0.141 e. The van der Waals surface area contributed by atoms with E-state index in [1.165, 1.54) is 28.0 Å². The van der Waals surface area contributed by atoms with E-state index >= 15 is 0 Å². The second-order valence-corrected chi connectivity index (χ2v) is 6.38. The molecular weight excluding hydrogens is 351 g/mol. The quantitative estimate of drug-likeness (QED) is 0.460. The van der Waals surface area contributed by atoms with Crippen molar-refractivity contribution in [3.63, 3.8) is 0 Å². The highest BCUT2D eigenvalue weighted by molar-refractivity contribution is 9.09. The summed E-state index contributed by atoms with van der Waals surface area (Å²) in [5.41, 5.74) is 3.33. The summed E-state index contributed by atoms with van der Waals surface area (Å²) < 4.78 is 13.3. The van der Waals surface area contributed by atoms with E-state index in [2.05, 4.69) is 47.1 Å². The zero-order chi connectivity index (χ0) is 15.0. The lowest BCUT2D eigenvalue weighted by Gasteiger charge is -2.17. The van der Waals surface area contributed by atoms with Gasteiger partial charge >= 0.3 is 0 Å². The first-order chi connectivity index (χ1) is 10.1. The Kier molecular flexibility index (Phi) is 4.01. The van der Waals surface area contributed by atoms with Crippen LogP contribution in [0.2, 0.25) is 5.02 Å². The molecule has 106 valence electrons. The van der Waals surface area contributed by atoms with Crippen LogP contribution in [0.1, 0.15) is 21.5 Å². The fourth-order valence-corrected chi connectivity index (χ4v) is 3.66. The predicted molar refractivity (Wildman–Crippen MR) is 90.9 cm³/mol. The third-order valence-corrected chi connectivity index (χ3v) is 4.95. The highest BCUT2D eigenvalue weighted by Crippen LogP contribution is 2.38. The maximum absolute atomic E-state index is 13.3. The maximum atomic E-state index is 13.3. The van der Waals surface area contributed by atoms with E-state index in [0.717, 1.165) is 5.56 Å². The monoisotopic (exact) mass is 362 g/mol. The summed E-state index contributed by atoms with van der Waals surface area (Å²) in [5.74, 6) is -0.394. The van der Waals surface area contributed by atoms with Crippen molar-refractivity contribution < 1.29 is 4.39 Å². The van der Waals surface area contributed by atoms with Gasteiger partial charge in [0.25, 0.3) is 0 Å². The molecule has 0 aliphatic carbocycles. The second kappa shape index (κ2) is 5.78. The van der Waals surface area contributed by atoms with Crippen LogP contribution in [0.15, 0.2) is 54.6 Å². The number of fused-ring (bicyclic) bond motifs is 1. The van der Waals surface area contributed by atoms with Crippen LogP contribution in [0.3, 0.4) is 0 Å². The minimum absolute atomic E-state index is 0.0262. The lowest BCUT2D eigenvalue weighted by atomic mass is 9.94. The first-order valence-electron chi connectivity index (χ1n) is 6.65. The van der Waals surface area contributed by atoms with Crippen molar-refractivity contribution in [1.82, 2.24) is 0 Å². The molecule has 1 atom stereocenters. The van der Waals surface area contributed by atoms with E-state index < -0.39 is 5.82 Å². The van der Waals surface area contributed by atoms with Gasteiger partial charge in [0.1, 0.15) is 5.82 Å². The molecule has 0 amide bonds. The molecule has 0 fully saturated rings. The summed E-state index contributed by atoms with van der Waals surface area (Å²) in [5, 5.41) is 2.53. The van der Waals surface area contributed by atoms with Crippen molar-refractivity contribution in [3.05, 3.63) is 82.1 Å². The van der Waals surface area contributed by atoms with Crippen LogP contribution < -0.4 is 0 Å². The fraction of sp³-hybridized carbons (Fsp3) is 0.111. The fourth-order valence-electron chi connectivity index (χ4n) is 2.58. The Hall–Kier alpha value is -1.38. The van der Waals surface area contributed by atoms with Gasteiger partial charge in [0.05, 0.1) is 9.85 Å². The van der Waals surface area contributed by atoms with E-state index in [1.54, 1.807) is 12.1 Å². The van der Waals surface area contributed by atoms with Gasteiger partial charge in [-0.1, -0.05) is 70.0 Å². The predicted octanol–water partition coefficient (Wildman–Crippen LogP) is 6.43. The summed E-state index contributed by atoms with van der Waals surface area (Å²) in [4.78, 5) is -0.0262. The van der Waals surface area contributed by atoms with Crippen molar-refractivity contribution in [1.29, 1.82) is 0 Å². The van der Waals surface area contributed by atoms with Gasteiger partial charge in [0.2, 0.25) is 0 Å². The van der Waals surface area contributed by atoms with Gasteiger partial charge in [-0.25, -0.2) is 4.39 Å². The molecule has 0 nitrogen and oxygen atoms in total. The zero-order valence-electron chi connectivity index (χ0n) is 11.4. The first kappa shape index (κ1) is 14.6. The number of rotatable bonds is 2. The average Bonchev–Trinajstić information content (AvgIpc) is 2.49. The normalized spacial score (nSPS) is 12.6. The van der Waals surface area contributed by atoms with Gasteiger partial charge in [-0.2, -0.15) is 0 Å². The third-order valence-electron chi connectivity index (χ3n) is 3.68. The van der Waals surface area contributed by atoms with E-state index in [1.807, 2.05) is 12.1 Å². The van der Waals surface area contributed by atoms with Crippen molar-refractivity contribution in [2.45, 2.75) is 11.8 Å². The van der Waals surface area contributed by atoms with Gasteiger partial charge in [-0.3, -0.25) is 0 Å². The number of benzene rings is 3. The molecule has 0 heterocycles. The van der Waals surface area contributed by atoms with Crippen molar-refractivity contribution in [3.8, 4) is 0 Å². The first-order valence-corrected chi connectivity index (χ1v) is 7.94. The van der Waals surface area contributed by atoms with Crippen molar-refractivity contribution in [2.75, 3.05) is 0 Å². The van der Waals surface area contributed by atoms with Crippen LogP contribution in [0.25, 0.3) is 10.8 Å². The molecule has 0 aromatic heterocycles. The molecule has 0 saturated heterocycles. The third kappa shape index (κ3) is 2.70. The zero-order valence-corrected chi connectivity index (χ0v) is 13.7. The van der Waals surface area contributed by atoms with E-state index in [0.29, 0.717) is 0 Å². The Morgan fingerprint density at radius 3 is 2.57 bits per heavy atom. The van der Waals surface area contributed by atoms with Crippen LogP contribution in [0, 0.1) is 12.7 Å². The Bertz CT molecular complexity index is 813. The molecule has 21 heavy (non-hydrogen) atoms. The molecule has 0 N–H and O–H groups in total. The molecule has 3 aromatic carbocycles. The van der Waals surface area contributed by atoms with E-state index in [9.17, 15) is 4.39 Å². The number of halogens is 3. The molecule has 0 bridgehead atoms. The number of aryl methyl sites for hydroxylation is 1. The Morgan fingerprint density at radius 1 is 1.05 bits per heavy atom. The summed E-state index contributed by atoms with van der Waals surface area (Å²) in [6.45, 7) is 2.08. The number of hydrogen-bond donors (Lipinski definition) is 0. The van der Waals surface area contributed by atoms with Crippen LogP contribution in [0.5, 0.6) is 0 Å². The van der Waals surface area contributed by atoms with Crippen LogP contribution >= 0.6 is 27.5 Å². The molecule has 3 heteroatoms. The minimum Gasteiger partial charge on any atom is -0.205 e. The Morgan fingerprint density at radius 2 is 1.81 bits per heavy atom. The minimum atomic E-state index is -0.394. The molecule has 0 spiro atoms. The molecule has 0 radical (unpaired) electrons. The summed E-state index contributed by atoms with van der Waals surface area (Å²) in [6, 6.07) is 17.3. The second-order valence-electron chi connectivity index (χ2n) is 5.05. The number of hydrogen-bond acceptors (Lipinski definition) is 0. The van der Waals surface area contributed by atoms with Crippen LogP contribution in [-0.4, -0.2) is 0 Å². The van der Waals surface area contributed by atoms with Gasteiger partial charge in [-0.05, 0) is 46.5 Å². The highest BCUT2D eigenvalue weighted by Gasteiger charge is 2.17. The smallest absolute Gasteiger partial charge is 0.141 e. The Labute approximate surface area is 136 Å². The molecular formula is C18H13BrClF. The topological polar surface area (TPSA) is 0 Å². The van der Waals surface area contributed by atoms with Crippen molar-refractivity contribution >= 4 is 38.3 Å². The standard InChI is InChI=1S/C18H13BrClF/c1-11-6-7-12-4-2-3-5-14(12)17(11)18(19)13-8-9-16(21)15(20)10-13/h2-10,18H,1H3. The molecule has 3 aromatic rings. The summed E-state index contributed by atoms with van der Waals surface area (Å²) in [7, 11) is 0. The van der Waals surface area contributed by atoms with Crippen LogP contribution in [-0.2, 0) is 0 Å². The lowest BCUT2D eigenvalue weighted by Crippen LogP contribution is -1.98.